The minimum atomic E-state index is 0.752. The number of thioether (sulfide) groups is 1. The van der Waals surface area contributed by atoms with Crippen LogP contribution in [-0.4, -0.2) is 25.3 Å². The molecule has 0 bridgehead atoms. The zero-order chi connectivity index (χ0) is 18.8. The molecule has 27 heavy (non-hydrogen) atoms. The number of aryl methyl sites for hydroxylation is 2. The van der Waals surface area contributed by atoms with Crippen LogP contribution >= 0.6 is 11.8 Å². The van der Waals surface area contributed by atoms with E-state index in [1.165, 1.54) is 21.4 Å². The van der Waals surface area contributed by atoms with Gasteiger partial charge < -0.3 is 4.57 Å². The highest BCUT2D eigenvalue weighted by Crippen LogP contribution is 2.32. The number of nitrogens with zero attached hydrogens (tertiary/aromatic N) is 4. The van der Waals surface area contributed by atoms with Crippen molar-refractivity contribution >= 4 is 22.7 Å². The SMILES string of the molecule is CCSc1ccc2c(c1)c(-c1ncc(-c3cc(C)ccn3)cn1)cn2CC. The summed E-state index contributed by atoms with van der Waals surface area (Å²) in [7, 11) is 0. The molecule has 4 rings (SSSR count). The lowest BCUT2D eigenvalue weighted by Crippen LogP contribution is -1.92. The van der Waals surface area contributed by atoms with Crippen molar-refractivity contribution in [2.45, 2.75) is 32.2 Å². The molecule has 136 valence electrons. The van der Waals surface area contributed by atoms with Gasteiger partial charge in [-0.25, -0.2) is 9.97 Å². The van der Waals surface area contributed by atoms with Gasteiger partial charge in [-0.1, -0.05) is 6.92 Å². The average Bonchev–Trinajstić information content (AvgIpc) is 3.06. The van der Waals surface area contributed by atoms with Crippen molar-refractivity contribution < 1.29 is 0 Å². The van der Waals surface area contributed by atoms with E-state index in [2.05, 4.69) is 70.8 Å². The van der Waals surface area contributed by atoms with Crippen LogP contribution < -0.4 is 0 Å². The number of hydrogen-bond acceptors (Lipinski definition) is 4. The maximum Gasteiger partial charge on any atom is 0.161 e. The summed E-state index contributed by atoms with van der Waals surface area (Å²) < 4.78 is 2.25. The number of benzene rings is 1. The van der Waals surface area contributed by atoms with Crippen LogP contribution in [0, 0.1) is 6.92 Å². The van der Waals surface area contributed by atoms with Gasteiger partial charge in [0.15, 0.2) is 5.82 Å². The molecule has 0 radical (unpaired) electrons. The summed E-state index contributed by atoms with van der Waals surface area (Å²) in [6.45, 7) is 7.31. The molecule has 4 aromatic rings. The Morgan fingerprint density at radius 2 is 1.81 bits per heavy atom. The topological polar surface area (TPSA) is 43.6 Å². The first-order valence-electron chi connectivity index (χ1n) is 9.20. The van der Waals surface area contributed by atoms with E-state index in [1.54, 1.807) is 0 Å². The molecule has 0 aliphatic rings. The molecule has 4 nitrogen and oxygen atoms in total. The Kier molecular flexibility index (Phi) is 4.94. The molecule has 5 heteroatoms. The molecule has 0 N–H and O–H groups in total. The van der Waals surface area contributed by atoms with Crippen LogP contribution in [0.25, 0.3) is 33.5 Å². The predicted octanol–water partition coefficient (Wildman–Crippen LogP) is 5.60. The van der Waals surface area contributed by atoms with E-state index >= 15 is 0 Å². The number of aromatic nitrogens is 4. The van der Waals surface area contributed by atoms with Crippen molar-refractivity contribution in [1.82, 2.24) is 19.5 Å². The molecule has 0 aliphatic heterocycles. The summed E-state index contributed by atoms with van der Waals surface area (Å²) in [4.78, 5) is 15.0. The Hall–Kier alpha value is -2.66. The quantitative estimate of drug-likeness (QED) is 0.426. The number of fused-ring (bicyclic) bond motifs is 1. The monoisotopic (exact) mass is 374 g/mol. The third-order valence-corrected chi connectivity index (χ3v) is 5.48. The third-order valence-electron chi connectivity index (χ3n) is 4.61. The predicted molar refractivity (Wildman–Crippen MR) is 113 cm³/mol. The maximum absolute atomic E-state index is 4.66. The summed E-state index contributed by atoms with van der Waals surface area (Å²) in [5.41, 5.74) is 5.31. The molecule has 3 aromatic heterocycles. The average molecular weight is 375 g/mol. The summed E-state index contributed by atoms with van der Waals surface area (Å²) >= 11 is 1.85. The van der Waals surface area contributed by atoms with E-state index in [0.717, 1.165) is 34.9 Å². The zero-order valence-electron chi connectivity index (χ0n) is 15.8. The summed E-state index contributed by atoms with van der Waals surface area (Å²) in [6.07, 6.45) is 7.71. The lowest BCUT2D eigenvalue weighted by molar-refractivity contribution is 0.797. The van der Waals surface area contributed by atoms with Gasteiger partial charge >= 0.3 is 0 Å². The van der Waals surface area contributed by atoms with E-state index in [-0.39, 0.29) is 0 Å². The van der Waals surface area contributed by atoms with E-state index in [0.29, 0.717) is 0 Å². The lowest BCUT2D eigenvalue weighted by Gasteiger charge is -2.04. The molecule has 0 saturated carbocycles. The van der Waals surface area contributed by atoms with Crippen LogP contribution in [0.2, 0.25) is 0 Å². The van der Waals surface area contributed by atoms with Crippen LogP contribution in [0.1, 0.15) is 19.4 Å². The standard InChI is InChI=1S/C22H22N4S/c1-4-26-14-19(18-11-17(27-5-2)6-7-21(18)26)22-24-12-16(13-25-22)20-10-15(3)8-9-23-20/h6-14H,4-5H2,1-3H3. The van der Waals surface area contributed by atoms with E-state index in [1.807, 2.05) is 36.4 Å². The minimum absolute atomic E-state index is 0.752. The molecule has 1 aromatic carbocycles. The molecular formula is C22H22N4S. The third kappa shape index (κ3) is 3.47. The highest BCUT2D eigenvalue weighted by atomic mass is 32.2. The van der Waals surface area contributed by atoms with Gasteiger partial charge in [0.1, 0.15) is 0 Å². The molecule has 0 atom stereocenters. The fourth-order valence-corrected chi connectivity index (χ4v) is 3.96. The second-order valence-electron chi connectivity index (χ2n) is 6.45. The fourth-order valence-electron chi connectivity index (χ4n) is 3.27. The lowest BCUT2D eigenvalue weighted by atomic mass is 10.1. The van der Waals surface area contributed by atoms with Crippen LogP contribution in [-0.2, 0) is 6.54 Å². The Balaban J connectivity index is 1.78. The number of hydrogen-bond donors (Lipinski definition) is 0. The number of pyridine rings is 1. The second-order valence-corrected chi connectivity index (χ2v) is 7.79. The Morgan fingerprint density at radius 3 is 2.52 bits per heavy atom. The van der Waals surface area contributed by atoms with Crippen molar-refractivity contribution in [3.05, 3.63) is 60.7 Å². The first kappa shape index (κ1) is 17.7. The Labute approximate surface area is 163 Å². The van der Waals surface area contributed by atoms with Crippen molar-refractivity contribution in [1.29, 1.82) is 0 Å². The van der Waals surface area contributed by atoms with Crippen molar-refractivity contribution in [2.24, 2.45) is 0 Å². The van der Waals surface area contributed by atoms with Gasteiger partial charge in [-0.3, -0.25) is 4.98 Å². The summed E-state index contributed by atoms with van der Waals surface area (Å²) in [6, 6.07) is 10.7. The van der Waals surface area contributed by atoms with Gasteiger partial charge in [0.2, 0.25) is 0 Å². The molecule has 0 unspecified atom stereocenters. The molecule has 0 saturated heterocycles. The number of rotatable bonds is 5. The van der Waals surface area contributed by atoms with Crippen LogP contribution in [0.3, 0.4) is 0 Å². The molecule has 0 amide bonds. The highest BCUT2D eigenvalue weighted by Gasteiger charge is 2.13. The van der Waals surface area contributed by atoms with Gasteiger partial charge in [-0.05, 0) is 55.5 Å². The van der Waals surface area contributed by atoms with Gasteiger partial charge in [0.25, 0.3) is 0 Å². The normalized spacial score (nSPS) is 11.2. The molecular weight excluding hydrogens is 352 g/mol. The highest BCUT2D eigenvalue weighted by molar-refractivity contribution is 7.99. The van der Waals surface area contributed by atoms with Crippen molar-refractivity contribution in [3.63, 3.8) is 0 Å². The largest absolute Gasteiger partial charge is 0.347 e. The first-order chi connectivity index (χ1) is 13.2. The van der Waals surface area contributed by atoms with E-state index in [4.69, 9.17) is 0 Å². The van der Waals surface area contributed by atoms with E-state index < -0.39 is 0 Å². The van der Waals surface area contributed by atoms with Crippen LogP contribution in [0.4, 0.5) is 0 Å². The minimum Gasteiger partial charge on any atom is -0.347 e. The molecule has 0 aliphatic carbocycles. The second kappa shape index (κ2) is 7.53. The fraction of sp³-hybridized carbons (Fsp3) is 0.227. The Morgan fingerprint density at radius 1 is 1.00 bits per heavy atom. The van der Waals surface area contributed by atoms with Crippen molar-refractivity contribution in [3.8, 4) is 22.6 Å². The summed E-state index contributed by atoms with van der Waals surface area (Å²) in [5.74, 6) is 1.81. The zero-order valence-corrected chi connectivity index (χ0v) is 16.6. The maximum atomic E-state index is 4.66. The summed E-state index contributed by atoms with van der Waals surface area (Å²) in [5, 5.41) is 1.21. The first-order valence-corrected chi connectivity index (χ1v) is 10.2. The molecule has 0 fully saturated rings. The van der Waals surface area contributed by atoms with Crippen LogP contribution in [0.5, 0.6) is 0 Å². The van der Waals surface area contributed by atoms with Crippen LogP contribution in [0.15, 0.2) is 60.0 Å². The van der Waals surface area contributed by atoms with E-state index in [9.17, 15) is 0 Å². The van der Waals surface area contributed by atoms with Gasteiger partial charge in [0.05, 0.1) is 5.69 Å². The van der Waals surface area contributed by atoms with Crippen molar-refractivity contribution in [2.75, 3.05) is 5.75 Å². The van der Waals surface area contributed by atoms with Gasteiger partial charge in [-0.2, -0.15) is 0 Å². The molecule has 0 spiro atoms. The smallest absolute Gasteiger partial charge is 0.161 e. The Bertz CT molecular complexity index is 1080. The van der Waals surface area contributed by atoms with Gasteiger partial charge in [-0.15, -0.1) is 11.8 Å². The molecule has 3 heterocycles. The van der Waals surface area contributed by atoms with Gasteiger partial charge in [0, 0.05) is 58.3 Å².